The zero-order chi connectivity index (χ0) is 15.4. The Morgan fingerprint density at radius 1 is 1.19 bits per heavy atom. The molecule has 0 saturated carbocycles. The van der Waals surface area contributed by atoms with E-state index in [1.807, 2.05) is 0 Å². The lowest BCUT2D eigenvalue weighted by molar-refractivity contribution is -0.0498. The average molecular weight is 313 g/mol. The maximum Gasteiger partial charge on any atom is 0.387 e. The molecule has 2 aromatic carbocycles. The number of benzene rings is 2. The SMILES string of the molecule is Nc1cc(Cl)ccc1NC(=O)c1ccc(OC(F)F)cc1. The predicted molar refractivity (Wildman–Crippen MR) is 76.9 cm³/mol. The Bertz CT molecular complexity index is 648. The number of halogens is 3. The second-order valence-electron chi connectivity index (χ2n) is 4.09. The van der Waals surface area contributed by atoms with Crippen molar-refractivity contribution in [3.8, 4) is 5.75 Å². The number of alkyl halides is 2. The molecular formula is C14H11ClF2N2O2. The van der Waals surface area contributed by atoms with Crippen molar-refractivity contribution in [1.82, 2.24) is 0 Å². The topological polar surface area (TPSA) is 64.3 Å². The van der Waals surface area contributed by atoms with Crippen molar-refractivity contribution in [1.29, 1.82) is 0 Å². The molecule has 0 aliphatic carbocycles. The van der Waals surface area contributed by atoms with Gasteiger partial charge in [-0.25, -0.2) is 0 Å². The molecule has 0 aliphatic rings. The number of carbonyl (C=O) groups is 1. The first-order valence-corrected chi connectivity index (χ1v) is 6.25. The molecule has 0 aliphatic heterocycles. The summed E-state index contributed by atoms with van der Waals surface area (Å²) in [6.07, 6.45) is 0. The molecule has 0 fully saturated rings. The summed E-state index contributed by atoms with van der Waals surface area (Å²) in [6.45, 7) is -2.90. The van der Waals surface area contributed by atoms with E-state index in [1.54, 1.807) is 12.1 Å². The number of hydrogen-bond acceptors (Lipinski definition) is 3. The van der Waals surface area contributed by atoms with Crippen LogP contribution in [0.25, 0.3) is 0 Å². The lowest BCUT2D eigenvalue weighted by Crippen LogP contribution is -2.13. The van der Waals surface area contributed by atoms with Crippen LogP contribution in [0.4, 0.5) is 20.2 Å². The van der Waals surface area contributed by atoms with Gasteiger partial charge >= 0.3 is 6.61 Å². The third-order valence-corrected chi connectivity index (χ3v) is 2.84. The van der Waals surface area contributed by atoms with Gasteiger partial charge in [0, 0.05) is 10.6 Å². The van der Waals surface area contributed by atoms with E-state index in [0.717, 1.165) is 0 Å². The summed E-state index contributed by atoms with van der Waals surface area (Å²) in [4.78, 5) is 12.0. The molecule has 3 N–H and O–H groups in total. The number of nitrogens with one attached hydrogen (secondary N) is 1. The zero-order valence-electron chi connectivity index (χ0n) is 10.6. The minimum atomic E-state index is -2.90. The van der Waals surface area contributed by atoms with Gasteiger partial charge in [-0.1, -0.05) is 11.6 Å². The van der Waals surface area contributed by atoms with Gasteiger partial charge in [-0.15, -0.1) is 0 Å². The van der Waals surface area contributed by atoms with E-state index >= 15 is 0 Å². The highest BCUT2D eigenvalue weighted by atomic mass is 35.5. The normalized spacial score (nSPS) is 10.5. The highest BCUT2D eigenvalue weighted by Gasteiger charge is 2.10. The maximum atomic E-state index is 12.0. The standard InChI is InChI=1S/C14H11ClF2N2O2/c15-9-3-6-12(11(18)7-9)19-13(20)8-1-4-10(5-2-8)21-14(16)17/h1-7,14H,18H2,(H,19,20). The molecule has 7 heteroatoms. The summed E-state index contributed by atoms with van der Waals surface area (Å²) in [5, 5.41) is 3.06. The molecule has 2 aromatic rings. The van der Waals surface area contributed by atoms with E-state index in [9.17, 15) is 13.6 Å². The molecule has 0 radical (unpaired) electrons. The molecule has 0 bridgehead atoms. The molecule has 1 amide bonds. The molecular weight excluding hydrogens is 302 g/mol. The summed E-state index contributed by atoms with van der Waals surface area (Å²) in [7, 11) is 0. The number of ether oxygens (including phenoxy) is 1. The second kappa shape index (κ2) is 6.41. The first-order valence-electron chi connectivity index (χ1n) is 5.87. The Labute approximate surface area is 124 Å². The molecule has 0 aromatic heterocycles. The Balaban J connectivity index is 2.09. The molecule has 0 unspecified atom stereocenters. The minimum absolute atomic E-state index is 0.0208. The molecule has 0 heterocycles. The lowest BCUT2D eigenvalue weighted by atomic mass is 10.2. The van der Waals surface area contributed by atoms with Gasteiger partial charge in [0.25, 0.3) is 5.91 Å². The fourth-order valence-electron chi connectivity index (χ4n) is 1.63. The molecule has 0 atom stereocenters. The summed E-state index contributed by atoms with van der Waals surface area (Å²) in [6, 6.07) is 9.99. The Morgan fingerprint density at radius 2 is 1.86 bits per heavy atom. The number of hydrogen-bond donors (Lipinski definition) is 2. The van der Waals surface area contributed by atoms with E-state index < -0.39 is 12.5 Å². The third-order valence-electron chi connectivity index (χ3n) is 2.60. The minimum Gasteiger partial charge on any atom is -0.435 e. The van der Waals surface area contributed by atoms with Gasteiger partial charge in [0.05, 0.1) is 11.4 Å². The van der Waals surface area contributed by atoms with Crippen LogP contribution < -0.4 is 15.8 Å². The number of carbonyl (C=O) groups excluding carboxylic acids is 1. The third kappa shape index (κ3) is 4.06. The van der Waals surface area contributed by atoms with Crippen LogP contribution in [0.1, 0.15) is 10.4 Å². The molecule has 0 spiro atoms. The van der Waals surface area contributed by atoms with Gasteiger partial charge < -0.3 is 15.8 Å². The van der Waals surface area contributed by atoms with Gasteiger partial charge in [0.2, 0.25) is 0 Å². The van der Waals surface area contributed by atoms with Crippen molar-refractivity contribution in [3.63, 3.8) is 0 Å². The first-order chi connectivity index (χ1) is 9.95. The van der Waals surface area contributed by atoms with Gasteiger partial charge in [-0.05, 0) is 42.5 Å². The van der Waals surface area contributed by atoms with Crippen molar-refractivity contribution in [2.24, 2.45) is 0 Å². The maximum absolute atomic E-state index is 12.0. The average Bonchev–Trinajstić information content (AvgIpc) is 2.42. The molecule has 4 nitrogen and oxygen atoms in total. The number of nitrogen functional groups attached to an aromatic ring is 1. The fourth-order valence-corrected chi connectivity index (χ4v) is 1.81. The molecule has 21 heavy (non-hydrogen) atoms. The number of amides is 1. The van der Waals surface area contributed by atoms with Crippen molar-refractivity contribution in [2.45, 2.75) is 6.61 Å². The van der Waals surface area contributed by atoms with Crippen molar-refractivity contribution >= 4 is 28.9 Å². The van der Waals surface area contributed by atoms with Gasteiger partial charge in [-0.2, -0.15) is 8.78 Å². The van der Waals surface area contributed by atoms with Crippen molar-refractivity contribution in [2.75, 3.05) is 11.1 Å². The quantitative estimate of drug-likeness (QED) is 0.845. The Morgan fingerprint density at radius 3 is 2.43 bits per heavy atom. The van der Waals surface area contributed by atoms with E-state index in [-0.39, 0.29) is 11.3 Å². The van der Waals surface area contributed by atoms with E-state index in [0.29, 0.717) is 16.4 Å². The van der Waals surface area contributed by atoms with Crippen LogP contribution >= 0.6 is 11.6 Å². The monoisotopic (exact) mass is 312 g/mol. The van der Waals surface area contributed by atoms with Gasteiger partial charge in [0.15, 0.2) is 0 Å². The summed E-state index contributed by atoms with van der Waals surface area (Å²) < 4.78 is 28.2. The highest BCUT2D eigenvalue weighted by Crippen LogP contribution is 2.23. The van der Waals surface area contributed by atoms with Crippen LogP contribution in [0.5, 0.6) is 5.75 Å². The Kier molecular flexibility index (Phi) is 4.59. The highest BCUT2D eigenvalue weighted by molar-refractivity contribution is 6.31. The molecule has 110 valence electrons. The number of rotatable bonds is 4. The summed E-state index contributed by atoms with van der Waals surface area (Å²) in [5.74, 6) is -0.444. The van der Waals surface area contributed by atoms with Crippen LogP contribution in [0.2, 0.25) is 5.02 Å². The smallest absolute Gasteiger partial charge is 0.387 e. The van der Waals surface area contributed by atoms with E-state index in [2.05, 4.69) is 10.1 Å². The second-order valence-corrected chi connectivity index (χ2v) is 4.53. The van der Waals surface area contributed by atoms with Crippen molar-refractivity contribution in [3.05, 3.63) is 53.1 Å². The fraction of sp³-hybridized carbons (Fsp3) is 0.0714. The van der Waals surface area contributed by atoms with Gasteiger partial charge in [0.1, 0.15) is 5.75 Å². The largest absolute Gasteiger partial charge is 0.435 e. The molecule has 0 saturated heterocycles. The van der Waals surface area contributed by atoms with Crippen molar-refractivity contribution < 1.29 is 18.3 Å². The van der Waals surface area contributed by atoms with Crippen LogP contribution in [0, 0.1) is 0 Å². The number of anilines is 2. The first kappa shape index (κ1) is 15.1. The van der Waals surface area contributed by atoms with E-state index in [1.165, 1.54) is 30.3 Å². The summed E-state index contributed by atoms with van der Waals surface area (Å²) in [5.41, 5.74) is 6.75. The predicted octanol–water partition coefficient (Wildman–Crippen LogP) is 3.78. The number of nitrogens with two attached hydrogens (primary N) is 1. The summed E-state index contributed by atoms with van der Waals surface area (Å²) >= 11 is 5.76. The zero-order valence-corrected chi connectivity index (χ0v) is 11.4. The lowest BCUT2D eigenvalue weighted by Gasteiger charge is -2.09. The molecule has 2 rings (SSSR count). The van der Waals surface area contributed by atoms with Crippen LogP contribution in [0.3, 0.4) is 0 Å². The van der Waals surface area contributed by atoms with E-state index in [4.69, 9.17) is 17.3 Å². The van der Waals surface area contributed by atoms with Gasteiger partial charge in [-0.3, -0.25) is 4.79 Å². The van der Waals surface area contributed by atoms with Crippen LogP contribution in [-0.4, -0.2) is 12.5 Å². The van der Waals surface area contributed by atoms with Crippen LogP contribution in [0.15, 0.2) is 42.5 Å². The Hall–Kier alpha value is -2.34. The van der Waals surface area contributed by atoms with Crippen LogP contribution in [-0.2, 0) is 0 Å².